The first kappa shape index (κ1) is 11.1. The molecular weight excluding hydrogens is 206 g/mol. The molecule has 1 fully saturated rings. The lowest BCUT2D eigenvalue weighted by Crippen LogP contribution is -2.46. The summed E-state index contributed by atoms with van der Waals surface area (Å²) < 4.78 is 1.63. The van der Waals surface area contributed by atoms with Crippen LogP contribution in [0.3, 0.4) is 0 Å². The van der Waals surface area contributed by atoms with Gasteiger partial charge < -0.3 is 10.6 Å². The summed E-state index contributed by atoms with van der Waals surface area (Å²) in [7, 11) is 1.81. The minimum atomic E-state index is -0.0440. The topological polar surface area (TPSA) is 71.8 Å². The summed E-state index contributed by atoms with van der Waals surface area (Å²) in [5.41, 5.74) is 0. The minimum absolute atomic E-state index is 0.0440. The maximum atomic E-state index is 11.7. The molecule has 1 amide bonds. The van der Waals surface area contributed by atoms with E-state index in [9.17, 15) is 4.79 Å². The van der Waals surface area contributed by atoms with Gasteiger partial charge >= 0.3 is 0 Å². The normalized spacial score (nSPS) is 20.7. The van der Waals surface area contributed by atoms with Crippen molar-refractivity contribution in [1.82, 2.24) is 25.4 Å². The summed E-state index contributed by atoms with van der Waals surface area (Å²) in [6.45, 7) is 1.33. The molecule has 1 aliphatic heterocycles. The molecule has 88 valence electrons. The van der Waals surface area contributed by atoms with Crippen molar-refractivity contribution in [2.45, 2.75) is 31.8 Å². The van der Waals surface area contributed by atoms with Gasteiger partial charge in [-0.1, -0.05) is 6.42 Å². The summed E-state index contributed by atoms with van der Waals surface area (Å²) in [6.07, 6.45) is 4.82. The van der Waals surface area contributed by atoms with Gasteiger partial charge in [-0.05, 0) is 19.4 Å². The van der Waals surface area contributed by atoms with Crippen molar-refractivity contribution in [2.75, 3.05) is 6.54 Å². The first-order chi connectivity index (χ1) is 7.75. The van der Waals surface area contributed by atoms with Crippen molar-refractivity contribution < 1.29 is 4.79 Å². The van der Waals surface area contributed by atoms with E-state index in [2.05, 4.69) is 20.7 Å². The van der Waals surface area contributed by atoms with Crippen LogP contribution in [0.5, 0.6) is 0 Å². The van der Waals surface area contributed by atoms with E-state index in [0.29, 0.717) is 12.4 Å². The number of carbonyl (C=O) groups excluding carboxylic acids is 1. The number of carbonyl (C=O) groups is 1. The Bertz CT molecular complexity index is 356. The summed E-state index contributed by atoms with van der Waals surface area (Å²) in [6, 6.07) is -0.0440. The first-order valence-corrected chi connectivity index (χ1v) is 5.61. The van der Waals surface area contributed by atoms with Crippen LogP contribution in [0.25, 0.3) is 0 Å². The molecule has 0 aliphatic carbocycles. The quantitative estimate of drug-likeness (QED) is 0.729. The number of aromatic nitrogens is 3. The zero-order valence-electron chi connectivity index (χ0n) is 9.44. The summed E-state index contributed by atoms with van der Waals surface area (Å²) in [4.78, 5) is 15.8. The molecule has 1 saturated heterocycles. The van der Waals surface area contributed by atoms with Crippen molar-refractivity contribution in [3.05, 3.63) is 12.2 Å². The van der Waals surface area contributed by atoms with E-state index < -0.39 is 0 Å². The van der Waals surface area contributed by atoms with Gasteiger partial charge in [-0.2, -0.15) is 5.10 Å². The van der Waals surface area contributed by atoms with Crippen molar-refractivity contribution in [1.29, 1.82) is 0 Å². The maximum Gasteiger partial charge on any atom is 0.237 e. The lowest BCUT2D eigenvalue weighted by Gasteiger charge is -2.22. The molecule has 6 heteroatoms. The minimum Gasteiger partial charge on any atom is -0.347 e. The molecule has 6 nitrogen and oxygen atoms in total. The van der Waals surface area contributed by atoms with E-state index in [0.717, 1.165) is 25.8 Å². The number of piperidine rings is 1. The molecule has 0 radical (unpaired) electrons. The van der Waals surface area contributed by atoms with Crippen LogP contribution in [0.15, 0.2) is 6.33 Å². The van der Waals surface area contributed by atoms with Crippen LogP contribution in [0, 0.1) is 0 Å². The van der Waals surface area contributed by atoms with Crippen molar-refractivity contribution in [3.63, 3.8) is 0 Å². The molecule has 1 aromatic heterocycles. The van der Waals surface area contributed by atoms with Gasteiger partial charge in [-0.25, -0.2) is 4.98 Å². The highest BCUT2D eigenvalue weighted by Gasteiger charge is 2.20. The van der Waals surface area contributed by atoms with Crippen LogP contribution in [-0.4, -0.2) is 33.3 Å². The summed E-state index contributed by atoms with van der Waals surface area (Å²) in [5, 5.41) is 10.1. The second kappa shape index (κ2) is 5.07. The third kappa shape index (κ3) is 2.79. The van der Waals surface area contributed by atoms with Gasteiger partial charge in [-0.15, -0.1) is 0 Å². The van der Waals surface area contributed by atoms with Gasteiger partial charge in [0.15, 0.2) is 5.82 Å². The van der Waals surface area contributed by atoms with Crippen LogP contribution in [0.2, 0.25) is 0 Å². The van der Waals surface area contributed by atoms with E-state index in [1.165, 1.54) is 0 Å². The van der Waals surface area contributed by atoms with Crippen LogP contribution in [0.4, 0.5) is 0 Å². The van der Waals surface area contributed by atoms with Crippen LogP contribution in [0.1, 0.15) is 25.1 Å². The van der Waals surface area contributed by atoms with E-state index in [-0.39, 0.29) is 11.9 Å². The third-order valence-electron chi connectivity index (χ3n) is 2.69. The number of amides is 1. The fourth-order valence-electron chi connectivity index (χ4n) is 1.83. The van der Waals surface area contributed by atoms with Crippen molar-refractivity contribution in [3.8, 4) is 0 Å². The molecule has 1 aliphatic rings. The first-order valence-electron chi connectivity index (χ1n) is 5.61. The Morgan fingerprint density at radius 1 is 1.69 bits per heavy atom. The zero-order chi connectivity index (χ0) is 11.4. The molecule has 2 rings (SSSR count). The lowest BCUT2D eigenvalue weighted by atomic mass is 10.0. The molecule has 0 aromatic carbocycles. The average molecular weight is 223 g/mol. The second-order valence-electron chi connectivity index (χ2n) is 4.05. The number of aryl methyl sites for hydroxylation is 1. The second-order valence-corrected chi connectivity index (χ2v) is 4.05. The van der Waals surface area contributed by atoms with Gasteiger partial charge in [0.25, 0.3) is 0 Å². The highest BCUT2D eigenvalue weighted by atomic mass is 16.2. The van der Waals surface area contributed by atoms with Crippen LogP contribution >= 0.6 is 0 Å². The van der Waals surface area contributed by atoms with Gasteiger partial charge in [0.05, 0.1) is 12.6 Å². The molecule has 1 unspecified atom stereocenters. The molecule has 2 heterocycles. The van der Waals surface area contributed by atoms with Crippen molar-refractivity contribution >= 4 is 5.91 Å². The Kier molecular flexibility index (Phi) is 3.51. The predicted octanol–water partition coefficient (Wildman–Crippen LogP) is -0.427. The molecule has 0 bridgehead atoms. The Labute approximate surface area is 94.4 Å². The molecule has 1 aromatic rings. The number of nitrogens with zero attached hydrogens (tertiary/aromatic N) is 3. The molecular formula is C10H17N5O. The number of hydrogen-bond donors (Lipinski definition) is 2. The van der Waals surface area contributed by atoms with Crippen LogP contribution in [-0.2, 0) is 18.4 Å². The molecule has 0 saturated carbocycles. The Balaban J connectivity index is 1.78. The van der Waals surface area contributed by atoms with E-state index in [1.807, 2.05) is 0 Å². The maximum absolute atomic E-state index is 11.7. The lowest BCUT2D eigenvalue weighted by molar-refractivity contribution is -0.123. The fraction of sp³-hybridized carbons (Fsp3) is 0.700. The molecule has 1 atom stereocenters. The van der Waals surface area contributed by atoms with E-state index >= 15 is 0 Å². The number of rotatable bonds is 3. The fourth-order valence-corrected chi connectivity index (χ4v) is 1.83. The predicted molar refractivity (Wildman–Crippen MR) is 58.5 cm³/mol. The van der Waals surface area contributed by atoms with E-state index in [4.69, 9.17) is 0 Å². The highest BCUT2D eigenvalue weighted by molar-refractivity contribution is 5.81. The van der Waals surface area contributed by atoms with Gasteiger partial charge in [0, 0.05) is 7.05 Å². The smallest absolute Gasteiger partial charge is 0.237 e. The number of nitrogens with one attached hydrogen (secondary N) is 2. The van der Waals surface area contributed by atoms with Crippen LogP contribution < -0.4 is 10.6 Å². The Morgan fingerprint density at radius 3 is 3.19 bits per heavy atom. The molecule has 16 heavy (non-hydrogen) atoms. The van der Waals surface area contributed by atoms with Gasteiger partial charge in [0.1, 0.15) is 6.33 Å². The Hall–Kier alpha value is -1.43. The standard InChI is InChI=1S/C10H17N5O/c1-15-7-13-9(14-15)6-12-10(16)8-4-2-3-5-11-8/h7-8,11H,2-6H2,1H3,(H,12,16). The molecule has 2 N–H and O–H groups in total. The zero-order valence-corrected chi connectivity index (χ0v) is 9.44. The van der Waals surface area contributed by atoms with Gasteiger partial charge in [-0.3, -0.25) is 9.48 Å². The third-order valence-corrected chi connectivity index (χ3v) is 2.69. The highest BCUT2D eigenvalue weighted by Crippen LogP contribution is 2.06. The van der Waals surface area contributed by atoms with E-state index in [1.54, 1.807) is 18.1 Å². The average Bonchev–Trinajstić information content (AvgIpc) is 2.73. The Morgan fingerprint density at radius 2 is 2.56 bits per heavy atom. The molecule has 0 spiro atoms. The van der Waals surface area contributed by atoms with Crippen molar-refractivity contribution in [2.24, 2.45) is 7.05 Å². The largest absolute Gasteiger partial charge is 0.347 e. The monoisotopic (exact) mass is 223 g/mol. The van der Waals surface area contributed by atoms with Gasteiger partial charge in [0.2, 0.25) is 5.91 Å². The number of hydrogen-bond acceptors (Lipinski definition) is 4. The summed E-state index contributed by atoms with van der Waals surface area (Å²) in [5.74, 6) is 0.693. The SMILES string of the molecule is Cn1cnc(CNC(=O)C2CCCCN2)n1. The summed E-state index contributed by atoms with van der Waals surface area (Å²) >= 11 is 0.